The highest BCUT2D eigenvalue weighted by atomic mass is 16.5. The van der Waals surface area contributed by atoms with Gasteiger partial charge in [0.1, 0.15) is 6.04 Å². The molecule has 0 saturated carbocycles. The van der Waals surface area contributed by atoms with E-state index < -0.39 is 6.04 Å². The highest BCUT2D eigenvalue weighted by molar-refractivity contribution is 5.75. The molecular weight excluding hydrogens is 178 g/mol. The predicted octanol–water partition coefficient (Wildman–Crippen LogP) is 1.48. The lowest BCUT2D eigenvalue weighted by atomic mass is 9.80. The molecule has 14 heavy (non-hydrogen) atoms. The molecule has 1 aliphatic carbocycles. The van der Waals surface area contributed by atoms with Crippen LogP contribution in [0.3, 0.4) is 0 Å². The van der Waals surface area contributed by atoms with Gasteiger partial charge >= 0.3 is 5.97 Å². The van der Waals surface area contributed by atoms with E-state index in [1.54, 1.807) is 0 Å². The van der Waals surface area contributed by atoms with Crippen LogP contribution >= 0.6 is 0 Å². The summed E-state index contributed by atoms with van der Waals surface area (Å²) in [5.74, 6) is 0.462. The second-order valence-corrected chi connectivity index (χ2v) is 4.24. The summed E-state index contributed by atoms with van der Waals surface area (Å²) < 4.78 is 4.65. The van der Waals surface area contributed by atoms with Crippen LogP contribution in [0.25, 0.3) is 0 Å². The minimum absolute atomic E-state index is 0.238. The van der Waals surface area contributed by atoms with E-state index in [9.17, 15) is 4.79 Å². The number of carbonyl (C=O) groups excluding carboxylic acids is 1. The van der Waals surface area contributed by atoms with Gasteiger partial charge in [-0.05, 0) is 31.6 Å². The number of ether oxygens (including phenoxy) is 1. The molecule has 1 aliphatic rings. The SMILES string of the molecule is COC(=O)C(N)C1CC(C)=CC(C)C1. The van der Waals surface area contributed by atoms with Gasteiger partial charge in [0.05, 0.1) is 7.11 Å². The molecule has 0 aliphatic heterocycles. The van der Waals surface area contributed by atoms with Crippen molar-refractivity contribution in [3.63, 3.8) is 0 Å². The maximum Gasteiger partial charge on any atom is 0.322 e. The number of esters is 1. The van der Waals surface area contributed by atoms with Gasteiger partial charge in [0.15, 0.2) is 0 Å². The van der Waals surface area contributed by atoms with E-state index >= 15 is 0 Å². The maximum absolute atomic E-state index is 11.3. The molecule has 3 atom stereocenters. The van der Waals surface area contributed by atoms with Crippen LogP contribution in [0.2, 0.25) is 0 Å². The van der Waals surface area contributed by atoms with E-state index in [4.69, 9.17) is 5.73 Å². The number of rotatable bonds is 2. The lowest BCUT2D eigenvalue weighted by Gasteiger charge is -2.28. The van der Waals surface area contributed by atoms with E-state index in [0.29, 0.717) is 5.92 Å². The van der Waals surface area contributed by atoms with Gasteiger partial charge in [-0.2, -0.15) is 0 Å². The first-order valence-electron chi connectivity index (χ1n) is 5.05. The molecule has 2 N–H and O–H groups in total. The quantitative estimate of drug-likeness (QED) is 0.539. The smallest absolute Gasteiger partial charge is 0.322 e. The van der Waals surface area contributed by atoms with Crippen molar-refractivity contribution in [1.29, 1.82) is 0 Å². The molecule has 3 unspecified atom stereocenters. The van der Waals surface area contributed by atoms with Crippen molar-refractivity contribution < 1.29 is 9.53 Å². The van der Waals surface area contributed by atoms with Crippen LogP contribution in [0, 0.1) is 11.8 Å². The average molecular weight is 197 g/mol. The molecule has 0 spiro atoms. The first kappa shape index (κ1) is 11.2. The van der Waals surface area contributed by atoms with Crippen LogP contribution in [0.4, 0.5) is 0 Å². The molecule has 0 bridgehead atoms. The third-order valence-electron chi connectivity index (χ3n) is 2.81. The molecule has 0 aromatic rings. The summed E-state index contributed by atoms with van der Waals surface area (Å²) >= 11 is 0. The minimum atomic E-state index is -0.467. The average Bonchev–Trinajstić information content (AvgIpc) is 2.14. The Balaban J connectivity index is 2.62. The van der Waals surface area contributed by atoms with Crippen molar-refractivity contribution in [2.45, 2.75) is 32.7 Å². The Hall–Kier alpha value is -0.830. The fourth-order valence-electron chi connectivity index (χ4n) is 2.20. The second-order valence-electron chi connectivity index (χ2n) is 4.24. The van der Waals surface area contributed by atoms with Gasteiger partial charge in [0, 0.05) is 0 Å². The Labute approximate surface area is 85.3 Å². The van der Waals surface area contributed by atoms with E-state index in [0.717, 1.165) is 12.8 Å². The van der Waals surface area contributed by atoms with Crippen molar-refractivity contribution >= 4 is 5.97 Å². The van der Waals surface area contributed by atoms with Crippen molar-refractivity contribution in [1.82, 2.24) is 0 Å². The van der Waals surface area contributed by atoms with Gasteiger partial charge < -0.3 is 10.5 Å². The molecule has 1 rings (SSSR count). The molecule has 3 heteroatoms. The lowest BCUT2D eigenvalue weighted by molar-refractivity contribution is -0.143. The molecule has 0 amide bonds. The number of nitrogens with two attached hydrogens (primary N) is 1. The highest BCUT2D eigenvalue weighted by Gasteiger charge is 2.28. The third kappa shape index (κ3) is 2.58. The molecule has 80 valence electrons. The lowest BCUT2D eigenvalue weighted by Crippen LogP contribution is -2.40. The predicted molar refractivity (Wildman–Crippen MR) is 55.6 cm³/mol. The normalized spacial score (nSPS) is 29.3. The zero-order valence-electron chi connectivity index (χ0n) is 9.12. The molecule has 0 aromatic carbocycles. The summed E-state index contributed by atoms with van der Waals surface area (Å²) in [4.78, 5) is 11.3. The molecule has 0 heterocycles. The van der Waals surface area contributed by atoms with E-state index in [1.807, 2.05) is 0 Å². The maximum atomic E-state index is 11.3. The zero-order valence-corrected chi connectivity index (χ0v) is 9.12. The first-order chi connectivity index (χ1) is 6.54. The largest absolute Gasteiger partial charge is 0.468 e. The summed E-state index contributed by atoms with van der Waals surface area (Å²) in [6.45, 7) is 4.24. The fourth-order valence-corrected chi connectivity index (χ4v) is 2.20. The first-order valence-corrected chi connectivity index (χ1v) is 5.05. The van der Waals surface area contributed by atoms with Crippen molar-refractivity contribution in [3.8, 4) is 0 Å². The van der Waals surface area contributed by atoms with Gasteiger partial charge in [-0.1, -0.05) is 18.6 Å². The number of hydrogen-bond acceptors (Lipinski definition) is 3. The van der Waals surface area contributed by atoms with Crippen molar-refractivity contribution in [2.75, 3.05) is 7.11 Å². The highest BCUT2D eigenvalue weighted by Crippen LogP contribution is 2.29. The van der Waals surface area contributed by atoms with E-state index in [2.05, 4.69) is 24.7 Å². The van der Waals surface area contributed by atoms with Crippen LogP contribution in [0.1, 0.15) is 26.7 Å². The van der Waals surface area contributed by atoms with E-state index in [1.165, 1.54) is 12.7 Å². The van der Waals surface area contributed by atoms with Crippen molar-refractivity contribution in [3.05, 3.63) is 11.6 Å². The Kier molecular flexibility index (Phi) is 3.69. The third-order valence-corrected chi connectivity index (χ3v) is 2.81. The Bertz CT molecular complexity index is 248. The summed E-state index contributed by atoms with van der Waals surface area (Å²) in [6, 6.07) is -0.467. The molecular formula is C11H19NO2. The Morgan fingerprint density at radius 1 is 1.71 bits per heavy atom. The molecule has 0 fully saturated rings. The second kappa shape index (κ2) is 4.60. The molecule has 0 radical (unpaired) electrons. The van der Waals surface area contributed by atoms with Gasteiger partial charge in [-0.3, -0.25) is 4.79 Å². The number of allylic oxidation sites excluding steroid dienone is 2. The summed E-state index contributed by atoms with van der Waals surface area (Å²) in [6.07, 6.45) is 4.15. The molecule has 3 nitrogen and oxygen atoms in total. The zero-order chi connectivity index (χ0) is 10.7. The molecule has 0 aromatic heterocycles. The van der Waals surface area contributed by atoms with Crippen LogP contribution in [0.5, 0.6) is 0 Å². The topological polar surface area (TPSA) is 52.3 Å². The van der Waals surface area contributed by atoms with Gasteiger partial charge in [0.2, 0.25) is 0 Å². The standard InChI is InChI=1S/C11H19NO2/c1-7-4-8(2)6-9(5-7)10(12)11(13)14-3/h4,7,9-10H,5-6,12H2,1-3H3. The van der Waals surface area contributed by atoms with Gasteiger partial charge in [-0.15, -0.1) is 0 Å². The summed E-state index contributed by atoms with van der Waals surface area (Å²) in [5, 5.41) is 0. The summed E-state index contributed by atoms with van der Waals surface area (Å²) in [7, 11) is 1.39. The van der Waals surface area contributed by atoms with Gasteiger partial charge in [-0.25, -0.2) is 0 Å². The minimum Gasteiger partial charge on any atom is -0.468 e. The number of hydrogen-bond donors (Lipinski definition) is 1. The number of carbonyl (C=O) groups is 1. The Morgan fingerprint density at radius 3 is 2.86 bits per heavy atom. The van der Waals surface area contributed by atoms with Crippen molar-refractivity contribution in [2.24, 2.45) is 17.6 Å². The number of methoxy groups -OCH3 is 1. The molecule has 0 saturated heterocycles. The Morgan fingerprint density at radius 2 is 2.36 bits per heavy atom. The summed E-state index contributed by atoms with van der Waals surface area (Å²) in [5.41, 5.74) is 7.15. The van der Waals surface area contributed by atoms with Crippen LogP contribution < -0.4 is 5.73 Å². The van der Waals surface area contributed by atoms with Crippen LogP contribution in [-0.2, 0) is 9.53 Å². The van der Waals surface area contributed by atoms with Crippen LogP contribution in [-0.4, -0.2) is 19.1 Å². The van der Waals surface area contributed by atoms with Gasteiger partial charge in [0.25, 0.3) is 0 Å². The monoisotopic (exact) mass is 197 g/mol. The van der Waals surface area contributed by atoms with Crippen LogP contribution in [0.15, 0.2) is 11.6 Å². The van der Waals surface area contributed by atoms with E-state index in [-0.39, 0.29) is 11.9 Å². The fraction of sp³-hybridized carbons (Fsp3) is 0.727.